The molecule has 1 saturated heterocycles. The van der Waals surface area contributed by atoms with Gasteiger partial charge in [-0.15, -0.1) is 0 Å². The van der Waals surface area contributed by atoms with Crippen LogP contribution in [0.15, 0.2) is 12.1 Å². The number of nitriles is 1. The summed E-state index contributed by atoms with van der Waals surface area (Å²) in [4.78, 5) is 2.03. The van der Waals surface area contributed by atoms with Crippen LogP contribution < -0.4 is 9.47 Å². The fraction of sp³-hybridized carbons (Fsp3) is 0.741. The number of piperidine rings is 1. The van der Waals surface area contributed by atoms with Gasteiger partial charge in [0.25, 0.3) is 0 Å². The highest BCUT2D eigenvalue weighted by molar-refractivity contribution is 5.63. The molecule has 7 rings (SSSR count). The van der Waals surface area contributed by atoms with Gasteiger partial charge in [-0.2, -0.15) is 5.26 Å². The van der Waals surface area contributed by atoms with E-state index in [1.165, 1.54) is 11.1 Å². The summed E-state index contributed by atoms with van der Waals surface area (Å²) in [5.74, 6) is 1.54. The largest absolute Gasteiger partial charge is 0.493 e. The van der Waals surface area contributed by atoms with Crippen molar-refractivity contribution in [2.45, 2.75) is 88.6 Å². The van der Waals surface area contributed by atoms with Gasteiger partial charge in [-0.05, 0) is 56.1 Å². The topological polar surface area (TPSA) is 75.0 Å². The summed E-state index contributed by atoms with van der Waals surface area (Å²) in [6.07, 6.45) is 6.68. The first-order valence-electron chi connectivity index (χ1n) is 12.3. The van der Waals surface area contributed by atoms with E-state index in [2.05, 4.69) is 33.0 Å². The van der Waals surface area contributed by atoms with Crippen LogP contribution in [-0.2, 0) is 16.6 Å². The lowest BCUT2D eigenvalue weighted by molar-refractivity contribution is -0.309. The number of ether oxygens (including phenoxy) is 3. The molecule has 6 heteroatoms. The predicted octanol–water partition coefficient (Wildman–Crippen LogP) is 3.79. The van der Waals surface area contributed by atoms with E-state index in [0.717, 1.165) is 50.1 Å². The molecule has 178 valence electrons. The minimum absolute atomic E-state index is 0.107. The molecule has 0 radical (unpaired) electrons. The van der Waals surface area contributed by atoms with Crippen LogP contribution in [-0.4, -0.2) is 54.1 Å². The van der Waals surface area contributed by atoms with E-state index in [1.54, 1.807) is 14.2 Å². The first-order valence-corrected chi connectivity index (χ1v) is 12.3. The fourth-order valence-corrected chi connectivity index (χ4v) is 8.91. The molecule has 2 heterocycles. The van der Waals surface area contributed by atoms with Gasteiger partial charge in [0, 0.05) is 42.0 Å². The molecule has 33 heavy (non-hydrogen) atoms. The molecule has 4 bridgehead atoms. The molecule has 1 N–H and O–H groups in total. The van der Waals surface area contributed by atoms with Gasteiger partial charge in [0.05, 0.1) is 12.7 Å². The van der Waals surface area contributed by atoms with Gasteiger partial charge < -0.3 is 24.2 Å². The second-order valence-corrected chi connectivity index (χ2v) is 12.3. The summed E-state index contributed by atoms with van der Waals surface area (Å²) >= 11 is 0. The van der Waals surface area contributed by atoms with Crippen molar-refractivity contribution < 1.29 is 19.3 Å². The van der Waals surface area contributed by atoms with E-state index in [9.17, 15) is 10.4 Å². The number of benzene rings is 1. The van der Waals surface area contributed by atoms with Crippen molar-refractivity contribution in [2.24, 2.45) is 16.7 Å². The highest BCUT2D eigenvalue weighted by Gasteiger charge is 2.82. The Morgan fingerprint density at radius 1 is 1.18 bits per heavy atom. The molecule has 2 spiro atoms. The van der Waals surface area contributed by atoms with Crippen molar-refractivity contribution in [1.29, 1.82) is 5.26 Å². The average Bonchev–Trinajstić information content (AvgIpc) is 3.15. The third-order valence-electron chi connectivity index (χ3n) is 10.9. The number of nitrogens with zero attached hydrogens (tertiary/aromatic N) is 2. The monoisotopic (exact) mass is 452 g/mol. The fourth-order valence-electron chi connectivity index (χ4n) is 8.91. The lowest BCUT2D eigenvalue weighted by Gasteiger charge is -2.75. The Balaban J connectivity index is 1.66. The smallest absolute Gasteiger partial charge is 0.179 e. The number of hydrogen-bond acceptors (Lipinski definition) is 6. The van der Waals surface area contributed by atoms with Gasteiger partial charge in [0.1, 0.15) is 11.7 Å². The number of likely N-dealkylation sites (tertiary alicyclic amines) is 1. The van der Waals surface area contributed by atoms with Crippen molar-refractivity contribution in [1.82, 2.24) is 4.90 Å². The highest BCUT2D eigenvalue weighted by Crippen LogP contribution is 2.77. The molecular formula is C27H36N2O4. The maximum absolute atomic E-state index is 12.1. The number of aliphatic hydroxyl groups is 1. The van der Waals surface area contributed by atoms with Crippen molar-refractivity contribution in [2.75, 3.05) is 20.8 Å². The first-order chi connectivity index (χ1) is 15.5. The number of fused-ring (bicyclic) bond motifs is 2. The van der Waals surface area contributed by atoms with Crippen molar-refractivity contribution in [3.8, 4) is 17.7 Å². The molecule has 0 aromatic heterocycles. The van der Waals surface area contributed by atoms with Crippen LogP contribution in [0.25, 0.3) is 0 Å². The molecule has 4 aliphatic carbocycles. The lowest BCUT2D eigenvalue weighted by Crippen LogP contribution is -2.83. The van der Waals surface area contributed by atoms with Crippen LogP contribution in [0, 0.1) is 28.2 Å². The maximum Gasteiger partial charge on any atom is 0.179 e. The van der Waals surface area contributed by atoms with Gasteiger partial charge in [-0.1, -0.05) is 26.8 Å². The highest BCUT2D eigenvalue weighted by atomic mass is 16.6. The standard InChI is InChI=1S/C27H36N2O4/c1-23(2,3)24(4,30)18-14-25-9-10-27(18,32-6)22-26(25)11-12-29(15-28)19(25)13-16-7-8-17(31-5)21(33-22)20(16)26/h7-8,18-19,22,30H,9-14H2,1-6H3/t18-,19-,22-,24+,25-,26+,27+/m1/s1. The number of rotatable bonds is 3. The summed E-state index contributed by atoms with van der Waals surface area (Å²) in [6.45, 7) is 9.05. The molecule has 6 nitrogen and oxygen atoms in total. The molecule has 6 aliphatic rings. The normalized spacial score (nSPS) is 41.6. The Morgan fingerprint density at radius 2 is 1.94 bits per heavy atom. The van der Waals surface area contributed by atoms with Crippen molar-refractivity contribution >= 4 is 0 Å². The molecule has 7 atom stereocenters. The minimum Gasteiger partial charge on any atom is -0.493 e. The number of hydrogen-bond donors (Lipinski definition) is 1. The summed E-state index contributed by atoms with van der Waals surface area (Å²) in [7, 11) is 3.50. The molecule has 3 saturated carbocycles. The van der Waals surface area contributed by atoms with Gasteiger partial charge >= 0.3 is 0 Å². The average molecular weight is 453 g/mol. The summed E-state index contributed by atoms with van der Waals surface area (Å²) < 4.78 is 19.3. The van der Waals surface area contributed by atoms with Crippen molar-refractivity contribution in [3.05, 3.63) is 23.3 Å². The SMILES string of the molecule is COc1ccc2c3c1O[C@H]1[C@]4(OC)CC[C@@]5(C[C@@H]4[C@](C)(O)C(C)(C)C)[C@@H](C2)N(C#N)CC[C@]315. The Bertz CT molecular complexity index is 1070. The van der Waals surface area contributed by atoms with Crippen LogP contribution >= 0.6 is 0 Å². The first kappa shape index (κ1) is 21.6. The second-order valence-electron chi connectivity index (χ2n) is 12.3. The van der Waals surface area contributed by atoms with Gasteiger partial charge in [-0.3, -0.25) is 0 Å². The number of methoxy groups -OCH3 is 2. The van der Waals surface area contributed by atoms with E-state index >= 15 is 0 Å². The molecule has 2 aliphatic heterocycles. The Hall–Kier alpha value is -1.97. The summed E-state index contributed by atoms with van der Waals surface area (Å²) in [5, 5.41) is 22.2. The maximum atomic E-state index is 12.1. The lowest BCUT2D eigenvalue weighted by atomic mass is 9.33. The van der Waals surface area contributed by atoms with Gasteiger partial charge in [-0.25, -0.2) is 0 Å². The van der Waals surface area contributed by atoms with E-state index in [1.807, 2.05) is 17.9 Å². The van der Waals surface area contributed by atoms with Crippen LogP contribution in [0.5, 0.6) is 11.5 Å². The molecule has 1 aromatic rings. The van der Waals surface area contributed by atoms with Gasteiger partial charge in [0.15, 0.2) is 17.7 Å². The van der Waals surface area contributed by atoms with Crippen molar-refractivity contribution in [3.63, 3.8) is 0 Å². The third kappa shape index (κ3) is 2.10. The van der Waals surface area contributed by atoms with Crippen LogP contribution in [0.4, 0.5) is 0 Å². The van der Waals surface area contributed by atoms with Crippen LogP contribution in [0.2, 0.25) is 0 Å². The molecule has 0 amide bonds. The zero-order chi connectivity index (χ0) is 23.6. The summed E-state index contributed by atoms with van der Waals surface area (Å²) in [5.41, 5.74) is 0.315. The van der Waals surface area contributed by atoms with Gasteiger partial charge in [0.2, 0.25) is 0 Å². The zero-order valence-corrected chi connectivity index (χ0v) is 20.7. The second kappa shape index (κ2) is 6.17. The Labute approximate surface area is 196 Å². The van der Waals surface area contributed by atoms with Crippen LogP contribution in [0.3, 0.4) is 0 Å². The summed E-state index contributed by atoms with van der Waals surface area (Å²) in [6, 6.07) is 4.30. The third-order valence-corrected chi connectivity index (χ3v) is 10.9. The molecular weight excluding hydrogens is 416 g/mol. The van der Waals surface area contributed by atoms with E-state index in [4.69, 9.17) is 14.2 Å². The quantitative estimate of drug-likeness (QED) is 0.704. The van der Waals surface area contributed by atoms with E-state index in [-0.39, 0.29) is 34.3 Å². The Kier molecular flexibility index (Phi) is 4.03. The van der Waals surface area contributed by atoms with E-state index < -0.39 is 11.2 Å². The zero-order valence-electron chi connectivity index (χ0n) is 20.7. The van der Waals surface area contributed by atoms with Crippen LogP contribution in [0.1, 0.15) is 64.5 Å². The Morgan fingerprint density at radius 3 is 2.58 bits per heavy atom. The predicted molar refractivity (Wildman–Crippen MR) is 123 cm³/mol. The van der Waals surface area contributed by atoms with E-state index in [0.29, 0.717) is 0 Å². The minimum atomic E-state index is -0.966. The molecule has 4 fully saturated rings. The molecule has 0 unspecified atom stereocenters. The molecule has 1 aromatic carbocycles.